The van der Waals surface area contributed by atoms with Gasteiger partial charge in [-0.05, 0) is 25.0 Å². The van der Waals surface area contributed by atoms with Crippen LogP contribution in [0.4, 0.5) is 5.69 Å². The molecule has 7 heteroatoms. The highest BCUT2D eigenvalue weighted by atomic mass is 35.5. The molecule has 1 fully saturated rings. The van der Waals surface area contributed by atoms with E-state index in [9.17, 15) is 19.5 Å². The van der Waals surface area contributed by atoms with Gasteiger partial charge in [0.2, 0.25) is 17.7 Å². The van der Waals surface area contributed by atoms with Gasteiger partial charge in [0.05, 0.1) is 17.5 Å². The molecular weight excluding hydrogens is 332 g/mol. The fraction of sp³-hybridized carbons (Fsp3) is 0.353. The number of phenolic OH excluding ortho intramolecular Hbond substituents is 1. The van der Waals surface area contributed by atoms with E-state index in [2.05, 4.69) is 5.32 Å². The predicted molar refractivity (Wildman–Crippen MR) is 88.2 cm³/mol. The Morgan fingerprint density at radius 2 is 1.96 bits per heavy atom. The highest BCUT2D eigenvalue weighted by molar-refractivity contribution is 6.30. The monoisotopic (exact) mass is 348 g/mol. The van der Waals surface area contributed by atoms with Crippen molar-refractivity contribution < 1.29 is 19.5 Å². The zero-order valence-corrected chi connectivity index (χ0v) is 13.6. The van der Waals surface area contributed by atoms with E-state index in [1.807, 2.05) is 0 Å². The lowest BCUT2D eigenvalue weighted by molar-refractivity contribution is -0.140. The molecule has 2 unspecified atom stereocenters. The van der Waals surface area contributed by atoms with Gasteiger partial charge in [0.25, 0.3) is 0 Å². The van der Waals surface area contributed by atoms with Crippen molar-refractivity contribution >= 4 is 35.0 Å². The average molecular weight is 349 g/mol. The van der Waals surface area contributed by atoms with Gasteiger partial charge in [-0.15, -0.1) is 0 Å². The molecule has 1 aliphatic carbocycles. The van der Waals surface area contributed by atoms with Crippen molar-refractivity contribution in [3.8, 4) is 5.75 Å². The molecule has 1 heterocycles. The molecule has 0 saturated carbocycles. The van der Waals surface area contributed by atoms with Crippen LogP contribution in [0.2, 0.25) is 0 Å². The van der Waals surface area contributed by atoms with Crippen molar-refractivity contribution in [3.05, 3.63) is 35.4 Å². The summed E-state index contributed by atoms with van der Waals surface area (Å²) >= 11 is 5.97. The molecule has 0 spiro atoms. The van der Waals surface area contributed by atoms with Gasteiger partial charge in [-0.3, -0.25) is 19.3 Å². The lowest BCUT2D eigenvalue weighted by Crippen LogP contribution is -2.34. The number of anilines is 1. The molecule has 2 N–H and O–H groups in total. The number of carbonyl (C=O) groups is 3. The molecule has 1 aliphatic heterocycles. The molecule has 3 amide bonds. The number of aromatic hydroxyl groups is 1. The minimum atomic E-state index is -0.406. The van der Waals surface area contributed by atoms with Crippen LogP contribution in [0.15, 0.2) is 35.4 Å². The third-order valence-electron chi connectivity index (χ3n) is 4.40. The second-order valence-electron chi connectivity index (χ2n) is 5.95. The number of rotatable bonds is 4. The first-order valence-corrected chi connectivity index (χ1v) is 8.12. The highest BCUT2D eigenvalue weighted by Crippen LogP contribution is 2.38. The molecule has 24 heavy (non-hydrogen) atoms. The van der Waals surface area contributed by atoms with Crippen molar-refractivity contribution in [2.45, 2.75) is 19.3 Å². The number of nitrogens with zero attached hydrogens (tertiary/aromatic N) is 1. The molecule has 0 bridgehead atoms. The Kier molecular flexibility index (Phi) is 4.57. The number of nitrogens with one attached hydrogen (secondary N) is 1. The average Bonchev–Trinajstić information content (AvgIpc) is 2.78. The van der Waals surface area contributed by atoms with Crippen LogP contribution in [0.5, 0.6) is 5.75 Å². The van der Waals surface area contributed by atoms with Crippen LogP contribution in [-0.4, -0.2) is 34.3 Å². The molecular formula is C17H17ClN2O4. The van der Waals surface area contributed by atoms with Crippen LogP contribution < -0.4 is 5.32 Å². The molecule has 2 atom stereocenters. The first-order valence-electron chi connectivity index (χ1n) is 7.75. The number of hydrogen-bond acceptors (Lipinski definition) is 4. The number of hydrogen-bond donors (Lipinski definition) is 2. The van der Waals surface area contributed by atoms with Crippen molar-refractivity contribution in [1.29, 1.82) is 0 Å². The number of amides is 3. The van der Waals surface area contributed by atoms with Crippen LogP contribution >= 0.6 is 11.6 Å². The Morgan fingerprint density at radius 1 is 1.25 bits per heavy atom. The number of para-hydroxylation sites is 2. The van der Waals surface area contributed by atoms with Crippen LogP contribution in [0.1, 0.15) is 19.3 Å². The highest BCUT2D eigenvalue weighted by Gasteiger charge is 2.48. The largest absolute Gasteiger partial charge is 0.506 e. The van der Waals surface area contributed by atoms with Gasteiger partial charge in [-0.1, -0.05) is 29.8 Å². The number of imide groups is 1. The molecule has 0 aromatic heterocycles. The van der Waals surface area contributed by atoms with E-state index < -0.39 is 5.92 Å². The molecule has 2 aliphatic rings. The standard InChI is InChI=1S/C17H17ClN2O4/c18-10-5-6-11-12(9-10)17(24)20(16(11)23)8-7-15(22)19-13-3-1-2-4-14(13)21/h1-5,11-12,21H,6-9H2,(H,19,22). The number of likely N-dealkylation sites (tertiary alicyclic amines) is 1. The summed E-state index contributed by atoms with van der Waals surface area (Å²) < 4.78 is 0. The zero-order chi connectivity index (χ0) is 17.3. The second kappa shape index (κ2) is 6.65. The van der Waals surface area contributed by atoms with E-state index in [1.165, 1.54) is 6.07 Å². The maximum Gasteiger partial charge on any atom is 0.233 e. The van der Waals surface area contributed by atoms with Crippen LogP contribution in [0, 0.1) is 11.8 Å². The van der Waals surface area contributed by atoms with Gasteiger partial charge < -0.3 is 10.4 Å². The van der Waals surface area contributed by atoms with Gasteiger partial charge >= 0.3 is 0 Å². The smallest absolute Gasteiger partial charge is 0.233 e. The first kappa shape index (κ1) is 16.5. The van der Waals surface area contributed by atoms with Crippen molar-refractivity contribution in [2.24, 2.45) is 11.8 Å². The van der Waals surface area contributed by atoms with Gasteiger partial charge in [0.15, 0.2) is 0 Å². The zero-order valence-electron chi connectivity index (χ0n) is 12.9. The SMILES string of the molecule is O=C(CCN1C(=O)C2CC=C(Cl)CC2C1=O)Nc1ccccc1O. The normalized spacial score (nSPS) is 23.0. The van der Waals surface area contributed by atoms with E-state index in [4.69, 9.17) is 11.6 Å². The Morgan fingerprint density at radius 3 is 2.71 bits per heavy atom. The molecule has 1 saturated heterocycles. The quantitative estimate of drug-likeness (QED) is 0.645. The van der Waals surface area contributed by atoms with Crippen LogP contribution in [-0.2, 0) is 14.4 Å². The Balaban J connectivity index is 1.59. The van der Waals surface area contributed by atoms with E-state index >= 15 is 0 Å². The van der Waals surface area contributed by atoms with Crippen molar-refractivity contribution in [2.75, 3.05) is 11.9 Å². The lowest BCUT2D eigenvalue weighted by atomic mass is 9.85. The van der Waals surface area contributed by atoms with Gasteiger partial charge in [-0.2, -0.15) is 0 Å². The third kappa shape index (κ3) is 3.14. The lowest BCUT2D eigenvalue weighted by Gasteiger charge is -2.17. The van der Waals surface area contributed by atoms with E-state index in [-0.39, 0.29) is 42.4 Å². The Labute approximate surface area is 144 Å². The topological polar surface area (TPSA) is 86.7 Å². The van der Waals surface area contributed by atoms with Gasteiger partial charge in [-0.25, -0.2) is 0 Å². The predicted octanol–water partition coefficient (Wildman–Crippen LogP) is 2.24. The molecule has 1 aromatic rings. The summed E-state index contributed by atoms with van der Waals surface area (Å²) in [5, 5.41) is 12.8. The Hall–Kier alpha value is -2.34. The van der Waals surface area contributed by atoms with Crippen LogP contribution in [0.25, 0.3) is 0 Å². The summed E-state index contributed by atoms with van der Waals surface area (Å²) in [4.78, 5) is 37.9. The first-order chi connectivity index (χ1) is 11.5. The fourth-order valence-electron chi connectivity index (χ4n) is 3.12. The minimum Gasteiger partial charge on any atom is -0.506 e. The summed E-state index contributed by atoms with van der Waals surface area (Å²) in [6.07, 6.45) is 2.61. The maximum absolute atomic E-state index is 12.4. The molecule has 0 radical (unpaired) electrons. The number of allylic oxidation sites excluding steroid dienone is 2. The molecule has 126 valence electrons. The number of carbonyl (C=O) groups excluding carboxylic acids is 3. The molecule has 3 rings (SSSR count). The van der Waals surface area contributed by atoms with E-state index in [1.54, 1.807) is 24.3 Å². The fourth-order valence-corrected chi connectivity index (χ4v) is 3.38. The molecule has 6 nitrogen and oxygen atoms in total. The second-order valence-corrected chi connectivity index (χ2v) is 6.43. The van der Waals surface area contributed by atoms with Gasteiger partial charge in [0.1, 0.15) is 5.75 Å². The maximum atomic E-state index is 12.4. The number of phenols is 1. The van der Waals surface area contributed by atoms with Gasteiger partial charge in [0, 0.05) is 18.0 Å². The summed E-state index contributed by atoms with van der Waals surface area (Å²) in [5.41, 5.74) is 0.297. The van der Waals surface area contributed by atoms with Crippen molar-refractivity contribution in [3.63, 3.8) is 0 Å². The third-order valence-corrected chi connectivity index (χ3v) is 4.71. The van der Waals surface area contributed by atoms with E-state index in [0.29, 0.717) is 23.6 Å². The summed E-state index contributed by atoms with van der Waals surface area (Å²) in [6.45, 7) is 0.0295. The number of halogens is 1. The van der Waals surface area contributed by atoms with E-state index in [0.717, 1.165) is 4.90 Å². The summed E-state index contributed by atoms with van der Waals surface area (Å²) in [6, 6.07) is 6.37. The Bertz CT molecular complexity index is 731. The number of fused-ring (bicyclic) bond motifs is 1. The summed E-state index contributed by atoms with van der Waals surface area (Å²) in [5.74, 6) is -1.67. The molecule has 1 aromatic carbocycles. The number of benzene rings is 1. The van der Waals surface area contributed by atoms with Crippen molar-refractivity contribution in [1.82, 2.24) is 4.90 Å². The summed E-state index contributed by atoms with van der Waals surface area (Å²) in [7, 11) is 0. The van der Waals surface area contributed by atoms with Crippen LogP contribution in [0.3, 0.4) is 0 Å². The minimum absolute atomic E-state index is 0.0214.